The Bertz CT molecular complexity index is 1520. The van der Waals surface area contributed by atoms with Crippen molar-refractivity contribution >= 4 is 11.6 Å². The molecule has 0 amide bonds. The van der Waals surface area contributed by atoms with Crippen LogP contribution < -0.4 is 4.74 Å². The zero-order valence-electron chi connectivity index (χ0n) is 24.5. The summed E-state index contributed by atoms with van der Waals surface area (Å²) in [5.74, 6) is 1.50. The summed E-state index contributed by atoms with van der Waals surface area (Å²) in [6.07, 6.45) is 4.59. The lowest BCUT2D eigenvalue weighted by Crippen LogP contribution is -2.48. The number of carbonyl (C=O) groups is 2. The Hall–Kier alpha value is -4.03. The largest absolute Gasteiger partial charge is 0.501 e. The first kappa shape index (κ1) is 28.5. The Balaban J connectivity index is 1.52. The van der Waals surface area contributed by atoms with Crippen molar-refractivity contribution in [1.82, 2.24) is 9.88 Å². The first-order chi connectivity index (χ1) is 19.6. The van der Waals surface area contributed by atoms with Crippen LogP contribution in [0.1, 0.15) is 55.4 Å². The Labute approximate surface area is 242 Å². The van der Waals surface area contributed by atoms with E-state index in [0.29, 0.717) is 24.3 Å². The van der Waals surface area contributed by atoms with Crippen molar-refractivity contribution in [3.05, 3.63) is 108 Å². The molecule has 6 nitrogen and oxygen atoms in total. The summed E-state index contributed by atoms with van der Waals surface area (Å²) in [6.45, 7) is 12.7. The van der Waals surface area contributed by atoms with Gasteiger partial charge in [-0.15, -0.1) is 0 Å². The molecule has 2 aromatic carbocycles. The number of rotatable bonds is 12. The van der Waals surface area contributed by atoms with Crippen LogP contribution in [0.25, 0.3) is 11.3 Å². The average Bonchev–Trinajstić information content (AvgIpc) is 3.71. The van der Waals surface area contributed by atoms with Gasteiger partial charge in [0.05, 0.1) is 31.1 Å². The van der Waals surface area contributed by atoms with Crippen LogP contribution in [0.5, 0.6) is 5.75 Å². The first-order valence-electron chi connectivity index (χ1n) is 14.0. The number of methoxy groups -OCH3 is 2. The van der Waals surface area contributed by atoms with Crippen molar-refractivity contribution in [3.8, 4) is 17.0 Å². The van der Waals surface area contributed by atoms with Gasteiger partial charge in [0.1, 0.15) is 17.3 Å². The van der Waals surface area contributed by atoms with Crippen LogP contribution in [0.4, 0.5) is 0 Å². The summed E-state index contributed by atoms with van der Waals surface area (Å²) in [5.41, 5.74) is 5.69. The third kappa shape index (κ3) is 5.24. The van der Waals surface area contributed by atoms with E-state index in [0.717, 1.165) is 47.5 Å². The van der Waals surface area contributed by atoms with Crippen molar-refractivity contribution in [2.24, 2.45) is 0 Å². The molecule has 1 aliphatic heterocycles. The number of benzene rings is 2. The molecule has 1 aliphatic carbocycles. The highest BCUT2D eigenvalue weighted by molar-refractivity contribution is 5.94. The number of ether oxygens (including phenoxy) is 2. The number of aromatic nitrogens is 1. The Morgan fingerprint density at radius 1 is 1.02 bits per heavy atom. The summed E-state index contributed by atoms with van der Waals surface area (Å²) in [6, 6.07) is 18.2. The van der Waals surface area contributed by atoms with E-state index in [-0.39, 0.29) is 23.5 Å². The highest BCUT2D eigenvalue weighted by Crippen LogP contribution is 2.58. The fourth-order valence-corrected chi connectivity index (χ4v) is 6.37. The molecular formula is C35H38N2O4. The molecule has 3 aromatic rings. The molecule has 2 heterocycles. The van der Waals surface area contributed by atoms with Crippen LogP contribution in [-0.4, -0.2) is 42.2 Å². The Kier molecular flexibility index (Phi) is 7.71. The molecule has 5 rings (SSSR count). The van der Waals surface area contributed by atoms with Crippen molar-refractivity contribution < 1.29 is 19.1 Å². The highest BCUT2D eigenvalue weighted by Gasteiger charge is 2.57. The lowest BCUT2D eigenvalue weighted by Gasteiger charge is -2.40. The van der Waals surface area contributed by atoms with Gasteiger partial charge in [0.2, 0.25) is 0 Å². The molecule has 1 atom stereocenters. The maximum atomic E-state index is 13.8. The molecular weight excluding hydrogens is 512 g/mol. The second kappa shape index (κ2) is 11.1. The van der Waals surface area contributed by atoms with Gasteiger partial charge in [-0.3, -0.25) is 19.5 Å². The number of ketones is 2. The van der Waals surface area contributed by atoms with Crippen LogP contribution in [0.2, 0.25) is 0 Å². The van der Waals surface area contributed by atoms with E-state index in [9.17, 15) is 9.59 Å². The molecule has 1 unspecified atom stereocenters. The molecule has 1 saturated carbocycles. The molecule has 212 valence electrons. The summed E-state index contributed by atoms with van der Waals surface area (Å²) in [7, 11) is 3.30. The van der Waals surface area contributed by atoms with Gasteiger partial charge in [0.25, 0.3) is 0 Å². The number of Topliss-reactive ketones (excluding diaryl/α,β-unsaturated/α-hetero) is 2. The predicted molar refractivity (Wildman–Crippen MR) is 161 cm³/mol. The predicted octanol–water partition coefficient (Wildman–Crippen LogP) is 6.33. The second-order valence-electron chi connectivity index (χ2n) is 11.4. The van der Waals surface area contributed by atoms with Crippen molar-refractivity contribution in [2.45, 2.75) is 57.0 Å². The number of carbonyl (C=O) groups excluding carboxylic acids is 2. The number of pyridine rings is 1. The standard InChI is InChI=1S/C35H38N2O4/c1-23(17-24(2)38)35(26(4)39,22-37-21-29-9-12-31(41-6)20-32(29)34(37)14-15-34)30-10-7-28(8-11-30)33-19-27(13-16-36-33)18-25(3)40-5/h7-13,16,19-20H,1,3,14-15,17-18,21-22H2,2,4-6H3. The van der Waals surface area contributed by atoms with Gasteiger partial charge in [0, 0.05) is 43.2 Å². The van der Waals surface area contributed by atoms with E-state index in [1.54, 1.807) is 34.3 Å². The fraction of sp³-hybridized carbons (Fsp3) is 0.343. The van der Waals surface area contributed by atoms with Gasteiger partial charge in [-0.25, -0.2) is 0 Å². The van der Waals surface area contributed by atoms with E-state index < -0.39 is 5.41 Å². The van der Waals surface area contributed by atoms with E-state index in [1.807, 2.05) is 42.5 Å². The van der Waals surface area contributed by atoms with E-state index >= 15 is 0 Å². The third-order valence-corrected chi connectivity index (χ3v) is 8.79. The summed E-state index contributed by atoms with van der Waals surface area (Å²) in [4.78, 5) is 33.1. The second-order valence-corrected chi connectivity index (χ2v) is 11.4. The van der Waals surface area contributed by atoms with Gasteiger partial charge >= 0.3 is 0 Å². The summed E-state index contributed by atoms with van der Waals surface area (Å²) >= 11 is 0. The molecule has 0 bridgehead atoms. The maximum absolute atomic E-state index is 13.8. The number of hydrogen-bond acceptors (Lipinski definition) is 6. The zero-order valence-corrected chi connectivity index (χ0v) is 24.5. The topological polar surface area (TPSA) is 68.7 Å². The van der Waals surface area contributed by atoms with Crippen LogP contribution in [-0.2, 0) is 38.2 Å². The molecule has 1 spiro atoms. The summed E-state index contributed by atoms with van der Waals surface area (Å²) in [5, 5.41) is 0. The number of fused-ring (bicyclic) bond motifs is 2. The van der Waals surface area contributed by atoms with Crippen LogP contribution in [0, 0.1) is 0 Å². The van der Waals surface area contributed by atoms with E-state index in [1.165, 1.54) is 11.1 Å². The molecule has 6 heteroatoms. The zero-order chi connectivity index (χ0) is 29.4. The van der Waals surface area contributed by atoms with Crippen LogP contribution in [0.3, 0.4) is 0 Å². The first-order valence-corrected chi connectivity index (χ1v) is 14.0. The van der Waals surface area contributed by atoms with Gasteiger partial charge < -0.3 is 9.47 Å². The number of nitrogens with zero attached hydrogens (tertiary/aromatic N) is 2. The minimum atomic E-state index is -1.03. The lowest BCUT2D eigenvalue weighted by molar-refractivity contribution is -0.122. The Morgan fingerprint density at radius 2 is 1.76 bits per heavy atom. The summed E-state index contributed by atoms with van der Waals surface area (Å²) < 4.78 is 10.8. The molecule has 1 aromatic heterocycles. The molecule has 0 radical (unpaired) electrons. The Morgan fingerprint density at radius 3 is 2.37 bits per heavy atom. The minimum Gasteiger partial charge on any atom is -0.501 e. The number of hydrogen-bond donors (Lipinski definition) is 0. The van der Waals surface area contributed by atoms with Crippen molar-refractivity contribution in [3.63, 3.8) is 0 Å². The monoisotopic (exact) mass is 550 g/mol. The molecule has 2 aliphatic rings. The quantitative estimate of drug-likeness (QED) is 0.194. The molecule has 0 N–H and O–H groups in total. The smallest absolute Gasteiger partial charge is 0.145 e. The van der Waals surface area contributed by atoms with E-state index in [2.05, 4.69) is 35.2 Å². The lowest BCUT2D eigenvalue weighted by atomic mass is 9.69. The highest BCUT2D eigenvalue weighted by atomic mass is 16.5. The van der Waals surface area contributed by atoms with Gasteiger partial charge in [-0.2, -0.15) is 0 Å². The van der Waals surface area contributed by atoms with Crippen molar-refractivity contribution in [2.75, 3.05) is 20.8 Å². The third-order valence-electron chi connectivity index (χ3n) is 8.79. The minimum absolute atomic E-state index is 0.00788. The molecule has 1 fully saturated rings. The van der Waals surface area contributed by atoms with E-state index in [4.69, 9.17) is 9.47 Å². The van der Waals surface area contributed by atoms with Gasteiger partial charge in [-0.1, -0.05) is 49.1 Å². The maximum Gasteiger partial charge on any atom is 0.145 e. The molecule has 0 saturated heterocycles. The van der Waals surface area contributed by atoms with Gasteiger partial charge in [0.15, 0.2) is 0 Å². The normalized spacial score (nSPS) is 16.5. The van der Waals surface area contributed by atoms with Crippen LogP contribution in [0.15, 0.2) is 85.3 Å². The average molecular weight is 551 g/mol. The SMILES string of the molecule is C=C(Cc1ccnc(-c2ccc(C(CN3Cc4ccc(OC)cc4C34CC4)(C(=C)CC(C)=O)C(C)=O)cc2)c1)OC. The molecule has 41 heavy (non-hydrogen) atoms. The van der Waals surface area contributed by atoms with Gasteiger partial charge in [-0.05, 0) is 73.2 Å². The fourth-order valence-electron chi connectivity index (χ4n) is 6.37. The van der Waals surface area contributed by atoms with Crippen molar-refractivity contribution in [1.29, 1.82) is 0 Å². The number of allylic oxidation sites excluding steroid dienone is 1. The van der Waals surface area contributed by atoms with Crippen LogP contribution >= 0.6 is 0 Å².